The van der Waals surface area contributed by atoms with Crippen LogP contribution in [0.25, 0.3) is 0 Å². The fraction of sp³-hybridized carbons (Fsp3) is 0.933. The van der Waals surface area contributed by atoms with E-state index in [0.717, 1.165) is 0 Å². The lowest BCUT2D eigenvalue weighted by Gasteiger charge is -2.55. The van der Waals surface area contributed by atoms with Crippen molar-refractivity contribution in [2.24, 2.45) is 23.2 Å². The summed E-state index contributed by atoms with van der Waals surface area (Å²) in [4.78, 5) is 12.3. The molecule has 0 radical (unpaired) electrons. The first-order valence-electron chi connectivity index (χ1n) is 7.54. The Hall–Kier alpha value is -0.690. The van der Waals surface area contributed by atoms with Gasteiger partial charge in [0, 0.05) is 12.0 Å². The van der Waals surface area contributed by atoms with Crippen LogP contribution in [0, 0.1) is 23.2 Å². The highest BCUT2D eigenvalue weighted by Gasteiger charge is 2.77. The van der Waals surface area contributed by atoms with Crippen LogP contribution < -0.4 is 0 Å². The second-order valence-corrected chi connectivity index (χ2v) is 7.59. The molecule has 2 bridgehead atoms. The summed E-state index contributed by atoms with van der Waals surface area (Å²) >= 11 is 0. The van der Waals surface area contributed by atoms with Crippen molar-refractivity contribution >= 4 is 5.97 Å². The molecule has 4 N–H and O–H groups in total. The number of rotatable bonds is 2. The van der Waals surface area contributed by atoms with E-state index in [-0.39, 0.29) is 18.4 Å². The molecule has 0 aromatic rings. The second-order valence-electron chi connectivity index (χ2n) is 7.59. The number of aliphatic hydroxyl groups excluding tert-OH is 2. The van der Waals surface area contributed by atoms with Crippen molar-refractivity contribution in [3.8, 4) is 0 Å². The Morgan fingerprint density at radius 2 is 2.00 bits per heavy atom. The molecule has 0 aromatic carbocycles. The molecule has 3 fully saturated rings. The lowest BCUT2D eigenvalue weighted by atomic mass is 9.52. The highest BCUT2D eigenvalue weighted by atomic mass is 16.6. The predicted octanol–water partition coefficient (Wildman–Crippen LogP) is -0.571. The van der Waals surface area contributed by atoms with Gasteiger partial charge in [-0.15, -0.1) is 0 Å². The lowest BCUT2D eigenvalue weighted by Crippen LogP contribution is -2.71. The summed E-state index contributed by atoms with van der Waals surface area (Å²) < 4.78 is 5.25. The van der Waals surface area contributed by atoms with E-state index in [2.05, 4.69) is 0 Å². The summed E-state index contributed by atoms with van der Waals surface area (Å²) in [6.45, 7) is 4.65. The molecular formula is C15H24O6. The van der Waals surface area contributed by atoms with Gasteiger partial charge in [-0.1, -0.05) is 6.92 Å². The largest absolute Gasteiger partial charge is 0.456 e. The maximum atomic E-state index is 12.3. The first kappa shape index (κ1) is 15.2. The van der Waals surface area contributed by atoms with Gasteiger partial charge >= 0.3 is 5.97 Å². The molecule has 1 heterocycles. The molecule has 1 saturated heterocycles. The van der Waals surface area contributed by atoms with Crippen LogP contribution in [-0.4, -0.2) is 56.4 Å². The highest BCUT2D eigenvalue weighted by Crippen LogP contribution is 2.64. The first-order chi connectivity index (χ1) is 9.60. The molecule has 0 aromatic heterocycles. The Morgan fingerprint density at radius 3 is 2.52 bits per heavy atom. The van der Waals surface area contributed by atoms with Gasteiger partial charge in [-0.3, -0.25) is 4.79 Å². The first-order valence-corrected chi connectivity index (χ1v) is 7.54. The maximum absolute atomic E-state index is 12.3. The van der Waals surface area contributed by atoms with Crippen LogP contribution in [-0.2, 0) is 9.53 Å². The van der Waals surface area contributed by atoms with E-state index >= 15 is 0 Å². The number of carbonyl (C=O) groups is 1. The van der Waals surface area contributed by atoms with E-state index < -0.39 is 40.7 Å². The van der Waals surface area contributed by atoms with Gasteiger partial charge in [-0.05, 0) is 38.5 Å². The van der Waals surface area contributed by atoms with E-state index in [1.165, 1.54) is 13.8 Å². The molecule has 3 rings (SSSR count). The van der Waals surface area contributed by atoms with Crippen LogP contribution in [0.3, 0.4) is 0 Å². The number of ether oxygens (including phenoxy) is 1. The zero-order valence-electron chi connectivity index (χ0n) is 12.6. The van der Waals surface area contributed by atoms with Crippen molar-refractivity contribution in [1.29, 1.82) is 0 Å². The quantitative estimate of drug-likeness (QED) is 0.509. The van der Waals surface area contributed by atoms with E-state index in [0.29, 0.717) is 12.8 Å². The summed E-state index contributed by atoms with van der Waals surface area (Å²) in [7, 11) is 0. The summed E-state index contributed by atoms with van der Waals surface area (Å²) in [5.41, 5.74) is -4.07. The summed E-state index contributed by atoms with van der Waals surface area (Å²) in [6.07, 6.45) is -0.971. The Bertz CT molecular complexity index is 471. The van der Waals surface area contributed by atoms with Gasteiger partial charge in [0.15, 0.2) is 6.10 Å². The van der Waals surface area contributed by atoms with Crippen molar-refractivity contribution in [3.05, 3.63) is 0 Å². The number of esters is 1. The van der Waals surface area contributed by atoms with Crippen LogP contribution in [0.5, 0.6) is 0 Å². The van der Waals surface area contributed by atoms with Crippen molar-refractivity contribution < 1.29 is 30.0 Å². The van der Waals surface area contributed by atoms with Crippen molar-refractivity contribution in [2.75, 3.05) is 6.61 Å². The minimum Gasteiger partial charge on any atom is -0.456 e. The highest BCUT2D eigenvalue weighted by molar-refractivity contribution is 5.79. The molecule has 3 aliphatic rings. The van der Waals surface area contributed by atoms with Gasteiger partial charge in [-0.25, -0.2) is 0 Å². The monoisotopic (exact) mass is 300 g/mol. The Morgan fingerprint density at radius 1 is 1.38 bits per heavy atom. The topological polar surface area (TPSA) is 107 Å². The van der Waals surface area contributed by atoms with Crippen molar-refractivity contribution in [1.82, 2.24) is 0 Å². The molecule has 120 valence electrons. The zero-order valence-corrected chi connectivity index (χ0v) is 12.6. The van der Waals surface area contributed by atoms with Gasteiger partial charge < -0.3 is 25.2 Å². The van der Waals surface area contributed by atoms with Crippen LogP contribution in [0.15, 0.2) is 0 Å². The molecular weight excluding hydrogens is 276 g/mol. The molecule has 2 aliphatic carbocycles. The summed E-state index contributed by atoms with van der Waals surface area (Å²) in [5.74, 6) is -1.88. The van der Waals surface area contributed by atoms with Gasteiger partial charge in [0.05, 0.1) is 17.6 Å². The summed E-state index contributed by atoms with van der Waals surface area (Å²) in [5, 5.41) is 41.8. The van der Waals surface area contributed by atoms with Crippen molar-refractivity contribution in [3.63, 3.8) is 0 Å². The fourth-order valence-electron chi connectivity index (χ4n) is 5.06. The summed E-state index contributed by atoms with van der Waals surface area (Å²) in [6, 6.07) is 0. The van der Waals surface area contributed by atoms with E-state index in [1.807, 2.05) is 6.92 Å². The smallest absolute Gasteiger partial charge is 0.312 e. The minimum atomic E-state index is -1.81. The van der Waals surface area contributed by atoms with Crippen LogP contribution in [0.4, 0.5) is 0 Å². The Kier molecular flexibility index (Phi) is 3.04. The fourth-order valence-corrected chi connectivity index (χ4v) is 5.06. The SMILES string of the molecule is CC12C(CO)CCC1C1C(=O)OC(C2O)C1(O)C(C)(C)O. The molecule has 0 amide bonds. The number of hydrogen-bond acceptors (Lipinski definition) is 6. The number of aliphatic hydroxyl groups is 4. The predicted molar refractivity (Wildman–Crippen MR) is 72.0 cm³/mol. The third-order valence-electron chi connectivity index (χ3n) is 6.44. The normalized spacial score (nSPS) is 52.7. The maximum Gasteiger partial charge on any atom is 0.312 e. The van der Waals surface area contributed by atoms with Gasteiger partial charge in [0.1, 0.15) is 5.60 Å². The molecule has 7 unspecified atom stereocenters. The molecule has 1 aliphatic heterocycles. The van der Waals surface area contributed by atoms with Crippen LogP contribution in [0.1, 0.15) is 33.6 Å². The molecule has 7 atom stereocenters. The van der Waals surface area contributed by atoms with E-state index in [9.17, 15) is 25.2 Å². The Labute approximate surface area is 123 Å². The number of fused-ring (bicyclic) bond motifs is 4. The minimum absolute atomic E-state index is 0.0708. The van der Waals surface area contributed by atoms with Gasteiger partial charge in [-0.2, -0.15) is 0 Å². The van der Waals surface area contributed by atoms with E-state index in [4.69, 9.17) is 4.74 Å². The molecule has 21 heavy (non-hydrogen) atoms. The average Bonchev–Trinajstić information content (AvgIpc) is 2.82. The van der Waals surface area contributed by atoms with Gasteiger partial charge in [0.25, 0.3) is 0 Å². The number of carbonyl (C=O) groups excluding carboxylic acids is 1. The number of hydrogen-bond donors (Lipinski definition) is 4. The third kappa shape index (κ3) is 1.54. The lowest BCUT2D eigenvalue weighted by molar-refractivity contribution is -0.254. The standard InChI is InChI=1S/C15H24O6/c1-13(2,19)15(20)9-8-5-4-7(6-16)14(8,3)10(17)11(15)21-12(9)18/h7-11,16-17,19-20H,4-6H2,1-3H3. The molecule has 6 heteroatoms. The third-order valence-corrected chi connectivity index (χ3v) is 6.44. The molecule has 6 nitrogen and oxygen atoms in total. The molecule has 0 spiro atoms. The van der Waals surface area contributed by atoms with E-state index in [1.54, 1.807) is 0 Å². The Balaban J connectivity index is 2.14. The van der Waals surface area contributed by atoms with Crippen molar-refractivity contribution in [2.45, 2.75) is 57.0 Å². The van der Waals surface area contributed by atoms with Crippen LogP contribution in [0.2, 0.25) is 0 Å². The molecule has 2 saturated carbocycles. The van der Waals surface area contributed by atoms with Gasteiger partial charge in [0.2, 0.25) is 0 Å². The van der Waals surface area contributed by atoms with Crippen LogP contribution >= 0.6 is 0 Å². The average molecular weight is 300 g/mol. The second kappa shape index (κ2) is 4.19. The zero-order chi connectivity index (χ0) is 15.8.